The number of aromatic nitrogens is 4. The molecule has 0 radical (unpaired) electrons. The second kappa shape index (κ2) is 5.08. The summed E-state index contributed by atoms with van der Waals surface area (Å²) in [5.41, 5.74) is 2.06. The van der Waals surface area contributed by atoms with Crippen molar-refractivity contribution in [2.45, 2.75) is 12.4 Å². The van der Waals surface area contributed by atoms with Crippen LogP contribution in [-0.2, 0) is 12.4 Å². The molecule has 0 atom stereocenters. The summed E-state index contributed by atoms with van der Waals surface area (Å²) in [4.78, 5) is 13.8. The van der Waals surface area contributed by atoms with Crippen molar-refractivity contribution < 1.29 is 26.3 Å². The quantitative estimate of drug-likeness (QED) is 0.659. The lowest BCUT2D eigenvalue weighted by atomic mass is 10.0. The zero-order valence-corrected chi connectivity index (χ0v) is 11.5. The first-order chi connectivity index (χ1) is 11.1. The molecule has 0 amide bonds. The summed E-state index contributed by atoms with van der Waals surface area (Å²) in [5.74, 6) is -0.324. The Morgan fingerprint density at radius 1 is 0.875 bits per heavy atom. The van der Waals surface area contributed by atoms with Crippen LogP contribution in [-0.4, -0.2) is 19.9 Å². The molecule has 0 saturated carbocycles. The fourth-order valence-corrected chi connectivity index (χ4v) is 2.15. The second-order valence-corrected chi connectivity index (χ2v) is 4.83. The third-order valence-electron chi connectivity index (χ3n) is 3.16. The number of hydrogen-bond acceptors (Lipinski definition) is 4. The molecule has 2 heterocycles. The highest BCUT2D eigenvalue weighted by Crippen LogP contribution is 2.39. The minimum atomic E-state index is -4.96. The van der Waals surface area contributed by atoms with E-state index in [2.05, 4.69) is 19.9 Å². The van der Waals surface area contributed by atoms with E-state index >= 15 is 0 Å². The molecule has 0 unspecified atom stereocenters. The van der Waals surface area contributed by atoms with E-state index in [9.17, 15) is 26.3 Å². The van der Waals surface area contributed by atoms with Crippen LogP contribution in [0, 0.1) is 0 Å². The van der Waals surface area contributed by atoms with E-state index in [0.717, 1.165) is 0 Å². The zero-order chi connectivity index (χ0) is 17.7. The number of imidazole rings is 1. The Hall–Kier alpha value is -2.85. The predicted molar refractivity (Wildman–Crippen MR) is 71.5 cm³/mol. The first-order valence-electron chi connectivity index (χ1n) is 6.32. The fourth-order valence-electron chi connectivity index (χ4n) is 2.15. The van der Waals surface area contributed by atoms with Gasteiger partial charge in [-0.25, -0.2) is 9.97 Å². The number of nitrogens with zero attached hydrogens (tertiary/aromatic N) is 3. The molecule has 11 heteroatoms. The van der Waals surface area contributed by atoms with Crippen molar-refractivity contribution in [3.05, 3.63) is 35.7 Å². The number of fused-ring (bicyclic) bond motifs is 1. The molecule has 1 aromatic carbocycles. The van der Waals surface area contributed by atoms with Crippen LogP contribution in [0.2, 0.25) is 0 Å². The van der Waals surface area contributed by atoms with Gasteiger partial charge in [0.25, 0.3) is 0 Å². The Bertz CT molecular complexity index is 879. The van der Waals surface area contributed by atoms with E-state index < -0.39 is 29.0 Å². The third-order valence-corrected chi connectivity index (χ3v) is 3.16. The minimum absolute atomic E-state index is 0.0310. The Kier molecular flexibility index (Phi) is 3.39. The molecule has 0 aliphatic rings. The van der Waals surface area contributed by atoms with Crippen molar-refractivity contribution in [3.8, 4) is 11.3 Å². The molecule has 5 nitrogen and oxygen atoms in total. The molecule has 0 bridgehead atoms. The third kappa shape index (κ3) is 2.84. The first kappa shape index (κ1) is 16.0. The summed E-state index contributed by atoms with van der Waals surface area (Å²) in [7, 11) is 0. The van der Waals surface area contributed by atoms with E-state index in [1.54, 1.807) is 0 Å². The molecule has 0 aliphatic carbocycles. The van der Waals surface area contributed by atoms with Gasteiger partial charge in [0.15, 0.2) is 5.65 Å². The predicted octanol–water partition coefficient (Wildman–Crippen LogP) is 3.64. The number of nitrogens with one attached hydrogen (secondary N) is 1. The molecule has 3 aromatic rings. The fraction of sp³-hybridized carbons (Fsp3) is 0.154. The van der Waals surface area contributed by atoms with Gasteiger partial charge in [0, 0.05) is 5.56 Å². The number of nitrogens with two attached hydrogens (primary N) is 1. The second-order valence-electron chi connectivity index (χ2n) is 4.83. The van der Waals surface area contributed by atoms with Crippen LogP contribution >= 0.6 is 0 Å². The number of alkyl halides is 6. The van der Waals surface area contributed by atoms with Gasteiger partial charge in [-0.05, 0) is 18.2 Å². The van der Waals surface area contributed by atoms with Gasteiger partial charge in [-0.1, -0.05) is 0 Å². The lowest BCUT2D eigenvalue weighted by Crippen LogP contribution is -2.11. The van der Waals surface area contributed by atoms with Crippen molar-refractivity contribution in [2.24, 2.45) is 0 Å². The summed E-state index contributed by atoms with van der Waals surface area (Å²) in [6.07, 6.45) is -8.73. The highest BCUT2D eigenvalue weighted by atomic mass is 19.4. The molecule has 0 spiro atoms. The lowest BCUT2D eigenvalue weighted by molar-refractivity contribution is -0.143. The highest BCUT2D eigenvalue weighted by Gasteiger charge is 2.37. The molecule has 0 aliphatic heterocycles. The minimum Gasteiger partial charge on any atom is -0.368 e. The molecule has 2 aromatic heterocycles. The standard InChI is InChI=1S/C13H7F6N5/c14-12(15,16)6-1-5(2-7(3-6)13(17,18)19)8-9-10(22-4-21-9)24-11(20)23-8/h1-4H,(H3,20,21,22,23,24). The van der Waals surface area contributed by atoms with Crippen LogP contribution in [0.4, 0.5) is 32.3 Å². The molecular weight excluding hydrogens is 340 g/mol. The van der Waals surface area contributed by atoms with Crippen LogP contribution in [0.3, 0.4) is 0 Å². The van der Waals surface area contributed by atoms with Gasteiger partial charge in [0.2, 0.25) is 5.95 Å². The maximum Gasteiger partial charge on any atom is 0.416 e. The van der Waals surface area contributed by atoms with E-state index in [4.69, 9.17) is 5.73 Å². The van der Waals surface area contributed by atoms with E-state index in [0.29, 0.717) is 12.1 Å². The summed E-state index contributed by atoms with van der Waals surface area (Å²) in [6.45, 7) is 0. The molecule has 0 saturated heterocycles. The van der Waals surface area contributed by atoms with Gasteiger partial charge < -0.3 is 10.7 Å². The van der Waals surface area contributed by atoms with Crippen molar-refractivity contribution >= 4 is 17.1 Å². The van der Waals surface area contributed by atoms with Crippen LogP contribution < -0.4 is 5.73 Å². The molecule has 24 heavy (non-hydrogen) atoms. The maximum absolute atomic E-state index is 12.9. The van der Waals surface area contributed by atoms with E-state index in [1.165, 1.54) is 6.33 Å². The summed E-state index contributed by atoms with van der Waals surface area (Å²) in [5, 5.41) is 0. The Morgan fingerprint density at radius 2 is 1.46 bits per heavy atom. The van der Waals surface area contributed by atoms with Gasteiger partial charge in [0.05, 0.1) is 17.5 Å². The van der Waals surface area contributed by atoms with Crippen LogP contribution in [0.5, 0.6) is 0 Å². The lowest BCUT2D eigenvalue weighted by Gasteiger charge is -2.14. The number of halogens is 6. The molecule has 126 valence electrons. The summed E-state index contributed by atoms with van der Waals surface area (Å²) >= 11 is 0. The van der Waals surface area contributed by atoms with Gasteiger partial charge in [0.1, 0.15) is 11.2 Å². The van der Waals surface area contributed by atoms with Crippen LogP contribution in [0.15, 0.2) is 24.5 Å². The number of benzene rings is 1. The van der Waals surface area contributed by atoms with Gasteiger partial charge in [-0.15, -0.1) is 0 Å². The van der Waals surface area contributed by atoms with Crippen molar-refractivity contribution in [1.82, 2.24) is 19.9 Å². The summed E-state index contributed by atoms with van der Waals surface area (Å²) in [6, 6.07) is 1.17. The molecular formula is C13H7F6N5. The molecule has 0 fully saturated rings. The monoisotopic (exact) mass is 347 g/mol. The number of anilines is 1. The van der Waals surface area contributed by atoms with Gasteiger partial charge >= 0.3 is 12.4 Å². The smallest absolute Gasteiger partial charge is 0.368 e. The summed E-state index contributed by atoms with van der Waals surface area (Å²) < 4.78 is 77.6. The number of H-pyrrole nitrogens is 1. The van der Waals surface area contributed by atoms with E-state index in [1.807, 2.05) is 0 Å². The zero-order valence-electron chi connectivity index (χ0n) is 11.5. The SMILES string of the molecule is Nc1nc(-c2cc(C(F)(F)F)cc(C(F)(F)F)c2)c2[nH]cnc2n1. The van der Waals surface area contributed by atoms with Gasteiger partial charge in [-0.3, -0.25) is 0 Å². The number of hydrogen-bond donors (Lipinski definition) is 2. The molecule has 3 N–H and O–H groups in total. The van der Waals surface area contributed by atoms with Crippen molar-refractivity contribution in [2.75, 3.05) is 5.73 Å². The highest BCUT2D eigenvalue weighted by molar-refractivity contribution is 5.88. The van der Waals surface area contributed by atoms with Crippen molar-refractivity contribution in [1.29, 1.82) is 0 Å². The maximum atomic E-state index is 12.9. The average Bonchev–Trinajstić information content (AvgIpc) is 2.92. The number of nitrogen functional groups attached to an aromatic ring is 1. The topological polar surface area (TPSA) is 80.5 Å². The van der Waals surface area contributed by atoms with E-state index in [-0.39, 0.29) is 28.9 Å². The van der Waals surface area contributed by atoms with Gasteiger partial charge in [-0.2, -0.15) is 31.3 Å². The van der Waals surface area contributed by atoms with Crippen molar-refractivity contribution in [3.63, 3.8) is 0 Å². The Labute approximate surface area is 129 Å². The largest absolute Gasteiger partial charge is 0.416 e. The normalized spacial score (nSPS) is 12.8. The van der Waals surface area contributed by atoms with Crippen LogP contribution in [0.1, 0.15) is 11.1 Å². The number of rotatable bonds is 1. The first-order valence-corrected chi connectivity index (χ1v) is 6.32. The number of aromatic amines is 1. The molecule has 3 rings (SSSR count). The Balaban J connectivity index is 2.32. The van der Waals surface area contributed by atoms with Crippen LogP contribution in [0.25, 0.3) is 22.4 Å². The Morgan fingerprint density at radius 3 is 2.00 bits per heavy atom. The average molecular weight is 347 g/mol.